The van der Waals surface area contributed by atoms with Crippen LogP contribution in [0.15, 0.2) is 48.7 Å². The van der Waals surface area contributed by atoms with Gasteiger partial charge in [0.1, 0.15) is 6.04 Å². The molecule has 0 aliphatic carbocycles. The molecule has 5 nitrogen and oxygen atoms in total. The molecule has 3 aliphatic rings. The van der Waals surface area contributed by atoms with Crippen molar-refractivity contribution in [2.45, 2.75) is 46.7 Å². The molecule has 32 heavy (non-hydrogen) atoms. The van der Waals surface area contributed by atoms with Gasteiger partial charge in [-0.1, -0.05) is 51.1 Å². The second-order valence-electron chi connectivity index (χ2n) is 10.3. The molecule has 5 rings (SSSR count). The number of nitrogens with zero attached hydrogens (tertiary/aromatic N) is 2. The molecule has 164 valence electrons. The van der Waals surface area contributed by atoms with E-state index in [0.717, 1.165) is 22.3 Å². The Morgan fingerprint density at radius 3 is 2.19 bits per heavy atom. The van der Waals surface area contributed by atoms with E-state index in [0.29, 0.717) is 5.69 Å². The number of carbonyl (C=O) groups excluding carboxylic acids is 3. The summed E-state index contributed by atoms with van der Waals surface area (Å²) in [6.07, 6.45) is 3.88. The fraction of sp³-hybridized carbons (Fsp3) is 0.370. The van der Waals surface area contributed by atoms with Gasteiger partial charge in [0.25, 0.3) is 0 Å². The highest BCUT2D eigenvalue weighted by atomic mass is 16.2. The van der Waals surface area contributed by atoms with Crippen LogP contribution in [0.3, 0.4) is 0 Å². The average Bonchev–Trinajstić information content (AvgIpc) is 3.19. The molecule has 5 heteroatoms. The fourth-order valence-corrected chi connectivity index (χ4v) is 5.64. The average molecular weight is 429 g/mol. The number of hydrogen-bond acceptors (Lipinski definition) is 4. The Kier molecular flexibility index (Phi) is 4.45. The molecule has 4 atom stereocenters. The van der Waals surface area contributed by atoms with E-state index in [1.54, 1.807) is 0 Å². The van der Waals surface area contributed by atoms with Gasteiger partial charge in [-0.05, 0) is 54.3 Å². The van der Waals surface area contributed by atoms with Gasteiger partial charge in [0.05, 0.1) is 23.6 Å². The highest BCUT2D eigenvalue weighted by Gasteiger charge is 2.65. The van der Waals surface area contributed by atoms with Crippen LogP contribution in [0.25, 0.3) is 6.08 Å². The lowest BCUT2D eigenvalue weighted by molar-refractivity contribution is -0.135. The quantitative estimate of drug-likeness (QED) is 0.664. The summed E-state index contributed by atoms with van der Waals surface area (Å²) in [5.74, 6) is -1.79. The van der Waals surface area contributed by atoms with Crippen LogP contribution in [0, 0.1) is 31.1 Å². The second kappa shape index (κ2) is 6.89. The SMILES string of the molecule is Cc1cc(C)cc(N2C(=O)[C@@H]3[C@@H](C2=O)[C@@H]2c4ccccc4C=CN2[C@@H]3C(=O)C(C)(C)C)c1. The Bertz CT molecular complexity index is 1170. The summed E-state index contributed by atoms with van der Waals surface area (Å²) in [4.78, 5) is 44.6. The molecule has 0 bridgehead atoms. The first kappa shape index (κ1) is 20.7. The van der Waals surface area contributed by atoms with E-state index >= 15 is 0 Å². The minimum absolute atomic E-state index is 0.0116. The van der Waals surface area contributed by atoms with Crippen LogP contribution >= 0.6 is 0 Å². The van der Waals surface area contributed by atoms with Crippen LogP contribution in [0.1, 0.15) is 49.1 Å². The van der Waals surface area contributed by atoms with Crippen molar-refractivity contribution < 1.29 is 14.4 Å². The first-order valence-corrected chi connectivity index (χ1v) is 11.1. The number of fused-ring (bicyclic) bond motifs is 5. The van der Waals surface area contributed by atoms with Gasteiger partial charge in [-0.2, -0.15) is 0 Å². The van der Waals surface area contributed by atoms with E-state index in [9.17, 15) is 14.4 Å². The molecule has 0 unspecified atom stereocenters. The second-order valence-corrected chi connectivity index (χ2v) is 10.3. The van der Waals surface area contributed by atoms with Crippen molar-refractivity contribution in [1.82, 2.24) is 4.90 Å². The van der Waals surface area contributed by atoms with E-state index in [1.807, 2.05) is 94.3 Å². The van der Waals surface area contributed by atoms with Crippen molar-refractivity contribution in [2.75, 3.05) is 4.90 Å². The minimum atomic E-state index is -0.698. The molecular weight excluding hydrogens is 400 g/mol. The lowest BCUT2D eigenvalue weighted by Gasteiger charge is -2.37. The molecule has 0 aromatic heterocycles. The number of carbonyl (C=O) groups is 3. The Morgan fingerprint density at radius 2 is 1.53 bits per heavy atom. The fourth-order valence-electron chi connectivity index (χ4n) is 5.64. The zero-order valence-corrected chi connectivity index (χ0v) is 19.1. The van der Waals surface area contributed by atoms with E-state index in [1.165, 1.54) is 4.90 Å². The molecular formula is C27H28N2O3. The van der Waals surface area contributed by atoms with Gasteiger partial charge < -0.3 is 4.90 Å². The molecule has 0 radical (unpaired) electrons. The summed E-state index contributed by atoms with van der Waals surface area (Å²) in [6.45, 7) is 9.54. The number of imide groups is 1. The van der Waals surface area contributed by atoms with Crippen LogP contribution in [0.4, 0.5) is 5.69 Å². The summed E-state index contributed by atoms with van der Waals surface area (Å²) in [7, 11) is 0. The summed E-state index contributed by atoms with van der Waals surface area (Å²) >= 11 is 0. The number of ketones is 1. The third kappa shape index (κ3) is 2.87. The molecule has 3 aliphatic heterocycles. The highest BCUT2D eigenvalue weighted by Crippen LogP contribution is 2.54. The predicted molar refractivity (Wildman–Crippen MR) is 124 cm³/mol. The zero-order valence-electron chi connectivity index (χ0n) is 19.1. The molecule has 3 heterocycles. The first-order chi connectivity index (χ1) is 15.1. The standard InChI is InChI=1S/C27H28N2O3/c1-15-12-16(2)14-18(13-15)29-25(31)20-21(26(29)32)23(24(30)27(3,4)5)28-11-10-17-8-6-7-9-19(17)22(20)28/h6-14,20-23H,1-5H3/t20-,21-,22+,23+/m1/s1. The number of anilines is 1. The molecule has 2 saturated heterocycles. The molecule has 2 amide bonds. The van der Waals surface area contributed by atoms with Crippen molar-refractivity contribution in [2.24, 2.45) is 17.3 Å². The van der Waals surface area contributed by atoms with Gasteiger partial charge in [-0.25, -0.2) is 4.90 Å². The number of amides is 2. The molecule has 2 fully saturated rings. The maximum Gasteiger partial charge on any atom is 0.240 e. The van der Waals surface area contributed by atoms with Gasteiger partial charge in [-0.15, -0.1) is 0 Å². The lowest BCUT2D eigenvalue weighted by Crippen LogP contribution is -2.47. The lowest BCUT2D eigenvalue weighted by atomic mass is 9.79. The number of aryl methyl sites for hydroxylation is 2. The van der Waals surface area contributed by atoms with Gasteiger partial charge in [0.15, 0.2) is 5.78 Å². The van der Waals surface area contributed by atoms with E-state index in [-0.39, 0.29) is 23.6 Å². The van der Waals surface area contributed by atoms with Gasteiger partial charge in [-0.3, -0.25) is 14.4 Å². The smallest absolute Gasteiger partial charge is 0.240 e. The van der Waals surface area contributed by atoms with Gasteiger partial charge in [0.2, 0.25) is 11.8 Å². The number of benzene rings is 2. The largest absolute Gasteiger partial charge is 0.359 e. The molecule has 0 N–H and O–H groups in total. The zero-order chi connectivity index (χ0) is 22.9. The van der Waals surface area contributed by atoms with Crippen molar-refractivity contribution in [1.29, 1.82) is 0 Å². The minimum Gasteiger partial charge on any atom is -0.359 e. The maximum absolute atomic E-state index is 13.8. The van der Waals surface area contributed by atoms with Crippen LogP contribution in [0.2, 0.25) is 0 Å². The van der Waals surface area contributed by atoms with Crippen molar-refractivity contribution in [3.05, 3.63) is 70.9 Å². The summed E-state index contributed by atoms with van der Waals surface area (Å²) < 4.78 is 0. The van der Waals surface area contributed by atoms with Crippen LogP contribution in [0.5, 0.6) is 0 Å². The number of Topliss-reactive ketones (excluding diaryl/α,β-unsaturated/α-hetero) is 1. The predicted octanol–water partition coefficient (Wildman–Crippen LogP) is 4.43. The Morgan fingerprint density at radius 1 is 0.906 bits per heavy atom. The third-order valence-electron chi connectivity index (χ3n) is 6.93. The van der Waals surface area contributed by atoms with Crippen LogP contribution in [-0.4, -0.2) is 28.5 Å². The Labute approximate surface area is 188 Å². The molecule has 2 aromatic rings. The highest BCUT2D eigenvalue weighted by molar-refractivity contribution is 6.24. The Balaban J connectivity index is 1.68. The summed E-state index contributed by atoms with van der Waals surface area (Å²) in [5, 5.41) is 0. The van der Waals surface area contributed by atoms with Crippen molar-refractivity contribution in [3.63, 3.8) is 0 Å². The van der Waals surface area contributed by atoms with Gasteiger partial charge in [0, 0.05) is 11.6 Å². The monoisotopic (exact) mass is 428 g/mol. The van der Waals surface area contributed by atoms with Crippen molar-refractivity contribution in [3.8, 4) is 0 Å². The summed E-state index contributed by atoms with van der Waals surface area (Å²) in [6, 6.07) is 12.7. The number of hydrogen-bond donors (Lipinski definition) is 0. The van der Waals surface area contributed by atoms with Crippen LogP contribution in [-0.2, 0) is 14.4 Å². The van der Waals surface area contributed by atoms with E-state index in [2.05, 4.69) is 0 Å². The Hall–Kier alpha value is -3.21. The summed E-state index contributed by atoms with van der Waals surface area (Å²) in [5.41, 5.74) is 3.98. The topological polar surface area (TPSA) is 57.7 Å². The van der Waals surface area contributed by atoms with Crippen LogP contribution < -0.4 is 4.90 Å². The van der Waals surface area contributed by atoms with Gasteiger partial charge >= 0.3 is 0 Å². The number of rotatable bonds is 2. The normalized spacial score (nSPS) is 26.3. The molecule has 0 saturated carbocycles. The third-order valence-corrected chi connectivity index (χ3v) is 6.93. The molecule has 0 spiro atoms. The maximum atomic E-state index is 13.8. The molecule has 2 aromatic carbocycles. The van der Waals surface area contributed by atoms with E-state index in [4.69, 9.17) is 0 Å². The van der Waals surface area contributed by atoms with E-state index < -0.39 is 23.3 Å². The first-order valence-electron chi connectivity index (χ1n) is 11.1. The van der Waals surface area contributed by atoms with Crippen molar-refractivity contribution >= 4 is 29.4 Å².